The molecule has 0 amide bonds. The lowest BCUT2D eigenvalue weighted by Crippen LogP contribution is -2.68. The van der Waals surface area contributed by atoms with Crippen LogP contribution in [0.2, 0.25) is 0 Å². The van der Waals surface area contributed by atoms with Crippen LogP contribution >= 0.6 is 0 Å². The summed E-state index contributed by atoms with van der Waals surface area (Å²) >= 11 is 0. The molecule has 31 nitrogen and oxygen atoms in total. The molecule has 72 heavy (non-hydrogen) atoms. The van der Waals surface area contributed by atoms with Crippen LogP contribution in [0.1, 0.15) is 0 Å². The van der Waals surface area contributed by atoms with Gasteiger partial charge in [-0.25, -0.2) is 0 Å². The Bertz CT molecular complexity index is 1590. The summed E-state index contributed by atoms with van der Waals surface area (Å²) in [5.74, 6) is 0. The van der Waals surface area contributed by atoms with Crippen molar-refractivity contribution >= 4 is 0 Å². The fraction of sp³-hybridized carbons (Fsp3) is 1.00. The summed E-state index contributed by atoms with van der Waals surface area (Å²) in [7, 11) is 5.88. The van der Waals surface area contributed by atoms with E-state index < -0.39 is 224 Å². The summed E-state index contributed by atoms with van der Waals surface area (Å²) in [5.41, 5.74) is 0. The Morgan fingerprint density at radius 2 is 0.472 bits per heavy atom. The van der Waals surface area contributed by atoms with Gasteiger partial charge in [-0.15, -0.1) is 0 Å². The standard InChI is InChI=1S/C41H72O31/c1-57-31-21(51)36(56)62-13(7-43)26(31)69-38-23(53)33(59-3)28(15(9-45)65-38)71-40-25(55)35(61-5)30(17(11-47)67-40)72-41-24(54)34(60-4)29(16(10-46)66-41)70-39-22(52)32(58-2)27(14(8-44)64-39)68-37-20(50)19(49)18(48)12(6-42)63-37/h12-56H,6-11H2,1-5H3/t12-,13-,14-,15-,16-,17-,18-,19+,20+,21+,22+,23+,24+,25+,26-,27-,28-,29-,30-,31-,32-,33-,34-,35-,36?,37-,38-,39-,40-,41-/m1/s1. The average molecular weight is 1060 g/mol. The highest BCUT2D eigenvalue weighted by Crippen LogP contribution is 2.38. The first kappa shape index (κ1) is 60.0. The molecule has 6 aliphatic heterocycles. The topological polar surface area (TPSA) is 451 Å². The van der Waals surface area contributed by atoms with Crippen LogP contribution in [-0.2, 0) is 75.8 Å². The van der Waals surface area contributed by atoms with Crippen molar-refractivity contribution in [2.24, 2.45) is 0 Å². The Morgan fingerprint density at radius 1 is 0.250 bits per heavy atom. The Morgan fingerprint density at radius 3 is 0.722 bits per heavy atom. The van der Waals surface area contributed by atoms with Crippen LogP contribution in [0.15, 0.2) is 0 Å². The first-order chi connectivity index (χ1) is 34.4. The van der Waals surface area contributed by atoms with Crippen LogP contribution in [0.4, 0.5) is 0 Å². The molecule has 422 valence electrons. The van der Waals surface area contributed by atoms with Gasteiger partial charge in [0, 0.05) is 35.5 Å². The zero-order valence-electron chi connectivity index (χ0n) is 39.8. The largest absolute Gasteiger partial charge is 0.394 e. The summed E-state index contributed by atoms with van der Waals surface area (Å²) in [6.45, 7) is -4.81. The monoisotopic (exact) mass is 1060 g/mol. The van der Waals surface area contributed by atoms with Gasteiger partial charge in [0.1, 0.15) is 146 Å². The molecule has 6 rings (SSSR count). The quantitative estimate of drug-likeness (QED) is 0.0507. The summed E-state index contributed by atoms with van der Waals surface area (Å²) < 4.78 is 91.8. The molecule has 6 heterocycles. The molecule has 0 radical (unpaired) electrons. The van der Waals surface area contributed by atoms with Crippen LogP contribution in [0, 0.1) is 0 Å². The van der Waals surface area contributed by atoms with E-state index in [-0.39, 0.29) is 0 Å². The molecule has 0 spiro atoms. The summed E-state index contributed by atoms with van der Waals surface area (Å²) in [4.78, 5) is 0. The Balaban J connectivity index is 1.13. The SMILES string of the molecule is CO[C@@H]1[C@H](O)[C@@H](O[C@H]2[C@H](OC)[C@H](O)[C@@H](O[C@H]3[C@H](OC)[C@H](O)[C@@H](O[C@H]4[C@H](OC)[C@H](O)[C@@H](O[C@H]5[C@H](OC)[C@H](O)C(O)O[C@@H]5CO)O[C@@H]4CO)O[C@@H]3CO)O[C@@H]2CO)O[C@H](CO)[C@H]1O[C@H]1O[C@H](CO)[C@@H](O)[C@H](O)[C@@H]1O. The molecule has 6 fully saturated rings. The van der Waals surface area contributed by atoms with E-state index >= 15 is 0 Å². The number of hydrogen-bond donors (Lipinski definition) is 15. The molecule has 0 aromatic carbocycles. The van der Waals surface area contributed by atoms with Crippen LogP contribution in [0.3, 0.4) is 0 Å². The number of rotatable bonds is 21. The van der Waals surface area contributed by atoms with E-state index in [2.05, 4.69) is 0 Å². The normalized spacial score (nSPS) is 50.5. The van der Waals surface area contributed by atoms with Gasteiger partial charge in [-0.2, -0.15) is 0 Å². The van der Waals surface area contributed by atoms with E-state index in [1.807, 2.05) is 0 Å². The van der Waals surface area contributed by atoms with E-state index in [0.29, 0.717) is 0 Å². The van der Waals surface area contributed by atoms with Crippen LogP contribution < -0.4 is 0 Å². The third-order valence-corrected chi connectivity index (χ3v) is 13.7. The van der Waals surface area contributed by atoms with Gasteiger partial charge >= 0.3 is 0 Å². The minimum absolute atomic E-state index is 0.715. The predicted octanol–water partition coefficient (Wildman–Crippen LogP) is -10.8. The predicted molar refractivity (Wildman–Crippen MR) is 223 cm³/mol. The molecule has 31 heteroatoms. The van der Waals surface area contributed by atoms with Crippen molar-refractivity contribution in [1.29, 1.82) is 0 Å². The fourth-order valence-corrected chi connectivity index (χ4v) is 9.80. The molecule has 0 aromatic rings. The lowest BCUT2D eigenvalue weighted by molar-refractivity contribution is -0.398. The van der Waals surface area contributed by atoms with Crippen LogP contribution in [-0.4, -0.2) is 336 Å². The highest BCUT2D eigenvalue weighted by molar-refractivity contribution is 5.01. The van der Waals surface area contributed by atoms with Crippen molar-refractivity contribution in [3.8, 4) is 0 Å². The van der Waals surface area contributed by atoms with E-state index in [0.717, 1.165) is 14.2 Å². The minimum Gasteiger partial charge on any atom is -0.394 e. The van der Waals surface area contributed by atoms with Gasteiger partial charge in [0.2, 0.25) is 0 Å². The Kier molecular flexibility index (Phi) is 22.4. The molecular weight excluding hydrogens is 988 g/mol. The Labute approximate surface area is 411 Å². The highest BCUT2D eigenvalue weighted by atomic mass is 16.8. The maximum absolute atomic E-state index is 11.7. The maximum atomic E-state index is 11.7. The molecule has 30 atom stereocenters. The summed E-state index contributed by atoms with van der Waals surface area (Å²) in [5, 5.41) is 159. The maximum Gasteiger partial charge on any atom is 0.187 e. The van der Waals surface area contributed by atoms with Crippen LogP contribution in [0.5, 0.6) is 0 Å². The highest BCUT2D eigenvalue weighted by Gasteiger charge is 2.58. The van der Waals surface area contributed by atoms with E-state index in [4.69, 9.17) is 75.8 Å². The van der Waals surface area contributed by atoms with Gasteiger partial charge in [0.05, 0.1) is 39.6 Å². The molecule has 6 aliphatic rings. The van der Waals surface area contributed by atoms with Crippen molar-refractivity contribution in [3.05, 3.63) is 0 Å². The molecule has 1 unspecified atom stereocenters. The molecular formula is C41H72O31. The van der Waals surface area contributed by atoms with E-state index in [1.165, 1.54) is 21.3 Å². The van der Waals surface area contributed by atoms with Crippen molar-refractivity contribution < 1.29 is 152 Å². The lowest BCUT2D eigenvalue weighted by atomic mass is 9.95. The first-order valence-corrected chi connectivity index (χ1v) is 23.1. The third-order valence-electron chi connectivity index (χ3n) is 13.7. The number of aliphatic hydroxyl groups is 15. The Hall–Kier alpha value is -1.24. The third kappa shape index (κ3) is 12.2. The number of aliphatic hydroxyl groups excluding tert-OH is 15. The number of methoxy groups -OCH3 is 5. The fourth-order valence-electron chi connectivity index (χ4n) is 9.80. The van der Waals surface area contributed by atoms with Crippen molar-refractivity contribution in [3.63, 3.8) is 0 Å². The second kappa shape index (κ2) is 26.9. The van der Waals surface area contributed by atoms with Gasteiger partial charge in [0.25, 0.3) is 0 Å². The van der Waals surface area contributed by atoms with E-state index in [9.17, 15) is 76.6 Å². The van der Waals surface area contributed by atoms with Gasteiger partial charge < -0.3 is 152 Å². The van der Waals surface area contributed by atoms with Crippen LogP contribution in [0.25, 0.3) is 0 Å². The molecule has 0 aliphatic carbocycles. The van der Waals surface area contributed by atoms with Gasteiger partial charge in [0.15, 0.2) is 37.7 Å². The average Bonchev–Trinajstić information content (AvgIpc) is 3.38. The van der Waals surface area contributed by atoms with Crippen molar-refractivity contribution in [1.82, 2.24) is 0 Å². The summed E-state index contributed by atoms with van der Waals surface area (Å²) in [6.07, 6.45) is -47.3. The molecule has 15 N–H and O–H groups in total. The lowest BCUT2D eigenvalue weighted by Gasteiger charge is -2.51. The zero-order chi connectivity index (χ0) is 52.9. The smallest absolute Gasteiger partial charge is 0.187 e. The summed E-state index contributed by atoms with van der Waals surface area (Å²) in [6, 6.07) is 0. The number of hydrogen-bond acceptors (Lipinski definition) is 31. The zero-order valence-corrected chi connectivity index (χ0v) is 39.8. The molecule has 6 saturated heterocycles. The minimum atomic E-state index is -1.86. The molecule has 0 saturated carbocycles. The molecule has 0 bridgehead atoms. The van der Waals surface area contributed by atoms with Gasteiger partial charge in [-0.3, -0.25) is 0 Å². The number of ether oxygens (including phenoxy) is 16. The van der Waals surface area contributed by atoms with Crippen molar-refractivity contribution in [2.45, 2.75) is 184 Å². The van der Waals surface area contributed by atoms with Crippen molar-refractivity contribution in [2.75, 3.05) is 75.2 Å². The second-order valence-electron chi connectivity index (χ2n) is 17.8. The van der Waals surface area contributed by atoms with Gasteiger partial charge in [-0.05, 0) is 0 Å². The first-order valence-electron chi connectivity index (χ1n) is 23.1. The van der Waals surface area contributed by atoms with Gasteiger partial charge in [-0.1, -0.05) is 0 Å². The molecule has 0 aromatic heterocycles. The van der Waals surface area contributed by atoms with E-state index in [1.54, 1.807) is 0 Å². The second-order valence-corrected chi connectivity index (χ2v) is 17.8.